The SMILES string of the molecule is Cc1csc(=O)n1CCC(=O)Nc1nc2c(s1)CN(Cc1ccccc1)CC2. The molecule has 0 saturated heterocycles. The number of fused-ring (bicyclic) bond motifs is 1. The second-order valence-electron chi connectivity index (χ2n) is 6.93. The van der Waals surface area contributed by atoms with Crippen molar-refractivity contribution in [3.8, 4) is 0 Å². The van der Waals surface area contributed by atoms with Gasteiger partial charge in [0.25, 0.3) is 0 Å². The summed E-state index contributed by atoms with van der Waals surface area (Å²) in [7, 11) is 0. The lowest BCUT2D eigenvalue weighted by Gasteiger charge is -2.25. The van der Waals surface area contributed by atoms with Crippen LogP contribution >= 0.6 is 22.7 Å². The topological polar surface area (TPSA) is 67.2 Å². The summed E-state index contributed by atoms with van der Waals surface area (Å²) in [5, 5.41) is 5.38. The molecule has 1 aliphatic heterocycles. The Labute approximate surface area is 171 Å². The van der Waals surface area contributed by atoms with Gasteiger partial charge in [0.15, 0.2) is 5.13 Å². The van der Waals surface area contributed by atoms with Crippen LogP contribution in [-0.2, 0) is 30.8 Å². The lowest BCUT2D eigenvalue weighted by molar-refractivity contribution is -0.116. The number of nitrogens with one attached hydrogen (secondary N) is 1. The first-order valence-electron chi connectivity index (χ1n) is 9.28. The van der Waals surface area contributed by atoms with Crippen molar-refractivity contribution in [3.63, 3.8) is 0 Å². The van der Waals surface area contributed by atoms with Gasteiger partial charge in [-0.3, -0.25) is 14.5 Å². The molecule has 1 aliphatic rings. The maximum atomic E-state index is 12.3. The number of thiazole rings is 2. The molecule has 0 radical (unpaired) electrons. The van der Waals surface area contributed by atoms with E-state index in [1.54, 1.807) is 15.9 Å². The summed E-state index contributed by atoms with van der Waals surface area (Å²) >= 11 is 2.72. The standard InChI is InChI=1S/C20H22N4O2S2/c1-14-13-27-20(26)24(14)10-8-18(25)22-19-21-16-7-9-23(12-17(16)28-19)11-15-5-3-2-4-6-15/h2-6,13H,7-12H2,1H3,(H,21,22,25). The number of benzene rings is 1. The highest BCUT2D eigenvalue weighted by molar-refractivity contribution is 7.15. The second-order valence-corrected chi connectivity index (χ2v) is 8.83. The fourth-order valence-electron chi connectivity index (χ4n) is 3.35. The van der Waals surface area contributed by atoms with Crippen LogP contribution in [-0.4, -0.2) is 26.9 Å². The van der Waals surface area contributed by atoms with Gasteiger partial charge in [0.05, 0.1) is 5.69 Å². The van der Waals surface area contributed by atoms with E-state index in [4.69, 9.17) is 0 Å². The minimum absolute atomic E-state index is 0.0199. The number of nitrogens with zero attached hydrogens (tertiary/aromatic N) is 3. The first kappa shape index (κ1) is 19.0. The average molecular weight is 415 g/mol. The number of carbonyl (C=O) groups is 1. The summed E-state index contributed by atoms with van der Waals surface area (Å²) in [5.74, 6) is -0.107. The van der Waals surface area contributed by atoms with Crippen molar-refractivity contribution >= 4 is 33.7 Å². The summed E-state index contributed by atoms with van der Waals surface area (Å²) < 4.78 is 1.64. The van der Waals surface area contributed by atoms with Gasteiger partial charge >= 0.3 is 4.87 Å². The molecule has 0 fully saturated rings. The Morgan fingerprint density at radius 2 is 2.11 bits per heavy atom. The quantitative estimate of drug-likeness (QED) is 0.672. The molecule has 1 N–H and O–H groups in total. The predicted octanol–water partition coefficient (Wildman–Crippen LogP) is 3.26. The molecule has 0 aliphatic carbocycles. The second kappa shape index (κ2) is 8.38. The number of amides is 1. The lowest BCUT2D eigenvalue weighted by atomic mass is 10.1. The van der Waals surface area contributed by atoms with Crippen molar-refractivity contribution in [2.75, 3.05) is 11.9 Å². The van der Waals surface area contributed by atoms with Crippen molar-refractivity contribution < 1.29 is 4.79 Å². The Balaban J connectivity index is 1.34. The Morgan fingerprint density at radius 3 is 2.86 bits per heavy atom. The van der Waals surface area contributed by atoms with Crippen LogP contribution in [0.3, 0.4) is 0 Å². The molecular weight excluding hydrogens is 392 g/mol. The first-order chi connectivity index (χ1) is 13.6. The van der Waals surface area contributed by atoms with Gasteiger partial charge in [0, 0.05) is 55.0 Å². The third kappa shape index (κ3) is 4.40. The van der Waals surface area contributed by atoms with Crippen LogP contribution in [0.1, 0.15) is 28.2 Å². The number of aromatic nitrogens is 2. The van der Waals surface area contributed by atoms with Gasteiger partial charge in [-0.2, -0.15) is 0 Å². The number of carbonyl (C=O) groups excluding carboxylic acids is 1. The Morgan fingerprint density at radius 1 is 1.29 bits per heavy atom. The van der Waals surface area contributed by atoms with E-state index in [0.29, 0.717) is 11.7 Å². The molecule has 0 bridgehead atoms. The van der Waals surface area contributed by atoms with Crippen LogP contribution in [0, 0.1) is 6.92 Å². The molecule has 0 spiro atoms. The van der Waals surface area contributed by atoms with Crippen LogP contribution in [0.4, 0.5) is 5.13 Å². The van der Waals surface area contributed by atoms with Gasteiger partial charge < -0.3 is 9.88 Å². The molecule has 1 amide bonds. The van der Waals surface area contributed by atoms with Crippen LogP contribution in [0.2, 0.25) is 0 Å². The smallest absolute Gasteiger partial charge is 0.303 e. The molecule has 4 rings (SSSR count). The highest BCUT2D eigenvalue weighted by atomic mass is 32.1. The summed E-state index contributed by atoms with van der Waals surface area (Å²) in [6, 6.07) is 10.5. The molecule has 28 heavy (non-hydrogen) atoms. The zero-order chi connectivity index (χ0) is 19.5. The number of rotatable bonds is 6. The molecule has 8 heteroatoms. The van der Waals surface area contributed by atoms with E-state index in [1.807, 2.05) is 18.4 Å². The van der Waals surface area contributed by atoms with E-state index >= 15 is 0 Å². The summed E-state index contributed by atoms with van der Waals surface area (Å²) in [6.45, 7) is 5.04. The molecule has 2 aromatic heterocycles. The molecule has 3 heterocycles. The minimum atomic E-state index is -0.107. The van der Waals surface area contributed by atoms with Crippen LogP contribution < -0.4 is 10.2 Å². The van der Waals surface area contributed by atoms with Crippen LogP contribution in [0.25, 0.3) is 0 Å². The molecular formula is C20H22N4O2S2. The molecule has 0 unspecified atom stereocenters. The van der Waals surface area contributed by atoms with E-state index in [1.165, 1.54) is 21.8 Å². The number of hydrogen-bond acceptors (Lipinski definition) is 6. The lowest BCUT2D eigenvalue weighted by Crippen LogP contribution is -2.29. The highest BCUT2D eigenvalue weighted by Crippen LogP contribution is 2.29. The summed E-state index contributed by atoms with van der Waals surface area (Å²) in [5.41, 5.74) is 3.29. The van der Waals surface area contributed by atoms with Gasteiger partial charge in [0.1, 0.15) is 0 Å². The van der Waals surface area contributed by atoms with Crippen molar-refractivity contribution in [2.24, 2.45) is 0 Å². The molecule has 3 aromatic rings. The van der Waals surface area contributed by atoms with E-state index in [9.17, 15) is 9.59 Å². The third-order valence-electron chi connectivity index (χ3n) is 4.84. The third-order valence-corrected chi connectivity index (χ3v) is 6.72. The fourth-order valence-corrected chi connectivity index (χ4v) is 5.18. The summed E-state index contributed by atoms with van der Waals surface area (Å²) in [4.78, 5) is 32.2. The zero-order valence-corrected chi connectivity index (χ0v) is 17.3. The van der Waals surface area contributed by atoms with Crippen LogP contribution in [0.15, 0.2) is 40.5 Å². The van der Waals surface area contributed by atoms with Gasteiger partial charge in [-0.15, -0.1) is 11.3 Å². The predicted molar refractivity (Wildman–Crippen MR) is 113 cm³/mol. The van der Waals surface area contributed by atoms with E-state index in [0.717, 1.165) is 37.4 Å². The van der Waals surface area contributed by atoms with Gasteiger partial charge in [-0.05, 0) is 12.5 Å². The van der Waals surface area contributed by atoms with Gasteiger partial charge in [0.2, 0.25) is 5.91 Å². The number of aryl methyl sites for hydroxylation is 1. The van der Waals surface area contributed by atoms with Crippen molar-refractivity contribution in [2.45, 2.75) is 39.4 Å². The monoisotopic (exact) mass is 414 g/mol. The maximum absolute atomic E-state index is 12.3. The van der Waals surface area contributed by atoms with E-state index in [2.05, 4.69) is 39.5 Å². The molecule has 6 nitrogen and oxygen atoms in total. The normalized spacial score (nSPS) is 14.0. The number of anilines is 1. The molecule has 0 saturated carbocycles. The Hall–Kier alpha value is -2.29. The van der Waals surface area contributed by atoms with Crippen molar-refractivity contribution in [1.29, 1.82) is 0 Å². The largest absolute Gasteiger partial charge is 0.307 e. The van der Waals surface area contributed by atoms with Crippen molar-refractivity contribution in [3.05, 3.63) is 67.2 Å². The minimum Gasteiger partial charge on any atom is -0.303 e. The molecule has 1 aromatic carbocycles. The highest BCUT2D eigenvalue weighted by Gasteiger charge is 2.21. The van der Waals surface area contributed by atoms with Gasteiger partial charge in [-0.25, -0.2) is 4.98 Å². The Bertz CT molecular complexity index is 1020. The fraction of sp³-hybridized carbons (Fsp3) is 0.350. The average Bonchev–Trinajstić information content (AvgIpc) is 3.22. The summed E-state index contributed by atoms with van der Waals surface area (Å²) in [6.07, 6.45) is 1.17. The first-order valence-corrected chi connectivity index (χ1v) is 11.0. The molecule has 0 atom stereocenters. The molecule has 146 valence electrons. The zero-order valence-electron chi connectivity index (χ0n) is 15.7. The van der Waals surface area contributed by atoms with E-state index < -0.39 is 0 Å². The number of hydrogen-bond donors (Lipinski definition) is 1. The van der Waals surface area contributed by atoms with Gasteiger partial charge in [-0.1, -0.05) is 41.7 Å². The Kier molecular flexibility index (Phi) is 5.70. The maximum Gasteiger partial charge on any atom is 0.307 e. The van der Waals surface area contributed by atoms with Crippen LogP contribution in [0.5, 0.6) is 0 Å². The van der Waals surface area contributed by atoms with E-state index in [-0.39, 0.29) is 17.2 Å². The van der Waals surface area contributed by atoms with Crippen molar-refractivity contribution in [1.82, 2.24) is 14.5 Å².